The number of hydrogen-bond donors (Lipinski definition) is 2. The van der Waals surface area contributed by atoms with Crippen LogP contribution in [0.25, 0.3) is 0 Å². The highest BCUT2D eigenvalue weighted by atomic mass is 16.3. The van der Waals surface area contributed by atoms with Crippen molar-refractivity contribution in [2.45, 2.75) is 90.3 Å². The van der Waals surface area contributed by atoms with Crippen molar-refractivity contribution >= 4 is 0 Å². The van der Waals surface area contributed by atoms with Crippen molar-refractivity contribution in [3.05, 3.63) is 12.2 Å². The van der Waals surface area contributed by atoms with Crippen LogP contribution in [-0.4, -0.2) is 22.4 Å². The molecule has 2 nitrogen and oxygen atoms in total. The predicted octanol–water partition coefficient (Wildman–Crippen LogP) is 4.21. The summed E-state index contributed by atoms with van der Waals surface area (Å²) in [5.41, 5.74) is 0. The molecule has 2 heteroatoms. The molecule has 0 aliphatic heterocycles. The van der Waals surface area contributed by atoms with Gasteiger partial charge in [0, 0.05) is 0 Å². The first-order valence-corrected chi connectivity index (χ1v) is 7.73. The average Bonchev–Trinajstić information content (AvgIpc) is 2.36. The fourth-order valence-corrected chi connectivity index (χ4v) is 2.04. The highest BCUT2D eigenvalue weighted by molar-refractivity contribution is 4.85. The molecular weight excluding hydrogens is 224 g/mol. The fraction of sp³-hybridized carbons (Fsp3) is 0.875. The van der Waals surface area contributed by atoms with Crippen LogP contribution in [0.4, 0.5) is 0 Å². The molecule has 0 aliphatic rings. The average molecular weight is 256 g/mol. The molecule has 2 unspecified atom stereocenters. The second-order valence-corrected chi connectivity index (χ2v) is 5.19. The molecule has 0 heterocycles. The van der Waals surface area contributed by atoms with E-state index in [1.807, 2.05) is 13.0 Å². The summed E-state index contributed by atoms with van der Waals surface area (Å²) in [4.78, 5) is 0. The zero-order valence-electron chi connectivity index (χ0n) is 12.3. The summed E-state index contributed by atoms with van der Waals surface area (Å²) in [5.74, 6) is 0. The molecule has 0 amide bonds. The lowest BCUT2D eigenvalue weighted by molar-refractivity contribution is 0.0163. The monoisotopic (exact) mass is 256 g/mol. The Kier molecular flexibility index (Phi) is 12.9. The maximum Gasteiger partial charge on any atom is 0.0833 e. The maximum atomic E-state index is 9.65. The van der Waals surface area contributed by atoms with Gasteiger partial charge < -0.3 is 10.2 Å². The smallest absolute Gasteiger partial charge is 0.0833 e. The highest BCUT2D eigenvalue weighted by Gasteiger charge is 2.12. The van der Waals surface area contributed by atoms with Crippen molar-refractivity contribution in [3.8, 4) is 0 Å². The van der Waals surface area contributed by atoms with Gasteiger partial charge in [-0.1, -0.05) is 64.5 Å². The van der Waals surface area contributed by atoms with E-state index in [-0.39, 0.29) is 0 Å². The molecule has 2 N–H and O–H groups in total. The van der Waals surface area contributed by atoms with Crippen LogP contribution in [0.5, 0.6) is 0 Å². The predicted molar refractivity (Wildman–Crippen MR) is 78.7 cm³/mol. The molecule has 108 valence electrons. The first-order valence-electron chi connectivity index (χ1n) is 7.73. The lowest BCUT2D eigenvalue weighted by atomic mass is 10.1. The van der Waals surface area contributed by atoms with Crippen molar-refractivity contribution < 1.29 is 10.2 Å². The largest absolute Gasteiger partial charge is 0.390 e. The van der Waals surface area contributed by atoms with E-state index in [1.54, 1.807) is 0 Å². The summed E-state index contributed by atoms with van der Waals surface area (Å²) in [5, 5.41) is 19.2. The Labute approximate surface area is 113 Å². The van der Waals surface area contributed by atoms with Crippen LogP contribution in [0.15, 0.2) is 12.2 Å². The van der Waals surface area contributed by atoms with Crippen molar-refractivity contribution in [3.63, 3.8) is 0 Å². The third-order valence-electron chi connectivity index (χ3n) is 3.30. The number of rotatable bonds is 12. The molecule has 2 atom stereocenters. The van der Waals surface area contributed by atoms with Gasteiger partial charge in [0.05, 0.1) is 12.2 Å². The topological polar surface area (TPSA) is 40.5 Å². The second-order valence-electron chi connectivity index (χ2n) is 5.19. The minimum Gasteiger partial charge on any atom is -0.390 e. The highest BCUT2D eigenvalue weighted by Crippen LogP contribution is 2.09. The zero-order valence-corrected chi connectivity index (χ0v) is 12.3. The number of hydrogen-bond acceptors (Lipinski definition) is 2. The molecule has 0 rings (SSSR count). The van der Waals surface area contributed by atoms with Gasteiger partial charge in [0.25, 0.3) is 0 Å². The van der Waals surface area contributed by atoms with Gasteiger partial charge in [-0.3, -0.25) is 0 Å². The van der Waals surface area contributed by atoms with E-state index >= 15 is 0 Å². The van der Waals surface area contributed by atoms with Crippen molar-refractivity contribution in [1.29, 1.82) is 0 Å². The van der Waals surface area contributed by atoms with E-state index in [4.69, 9.17) is 0 Å². The van der Waals surface area contributed by atoms with E-state index in [1.165, 1.54) is 38.5 Å². The molecule has 18 heavy (non-hydrogen) atoms. The van der Waals surface area contributed by atoms with Gasteiger partial charge in [-0.25, -0.2) is 0 Å². The van der Waals surface area contributed by atoms with Gasteiger partial charge in [0.1, 0.15) is 0 Å². The molecule has 0 aromatic heterocycles. The van der Waals surface area contributed by atoms with E-state index in [2.05, 4.69) is 13.0 Å². The van der Waals surface area contributed by atoms with Crippen molar-refractivity contribution in [2.75, 3.05) is 0 Å². The minimum atomic E-state index is -0.592. The molecular formula is C16H32O2. The lowest BCUT2D eigenvalue weighted by Crippen LogP contribution is -2.24. The van der Waals surface area contributed by atoms with E-state index in [0.29, 0.717) is 12.8 Å². The zero-order chi connectivity index (χ0) is 13.6. The van der Waals surface area contributed by atoms with Gasteiger partial charge >= 0.3 is 0 Å². The van der Waals surface area contributed by atoms with Gasteiger partial charge in [0.15, 0.2) is 0 Å². The third kappa shape index (κ3) is 10.8. The number of aliphatic hydroxyl groups is 2. The number of unbranched alkanes of at least 4 members (excludes halogenated alkanes) is 6. The fourth-order valence-electron chi connectivity index (χ4n) is 2.04. The molecule has 0 saturated carbocycles. The van der Waals surface area contributed by atoms with Crippen molar-refractivity contribution in [1.82, 2.24) is 0 Å². The lowest BCUT2D eigenvalue weighted by Gasteiger charge is -2.14. The molecule has 0 aromatic carbocycles. The van der Waals surface area contributed by atoms with Gasteiger partial charge in [-0.05, 0) is 25.7 Å². The minimum absolute atomic E-state index is 0.561. The van der Waals surface area contributed by atoms with Crippen LogP contribution >= 0.6 is 0 Å². The Hall–Kier alpha value is -0.340. The summed E-state index contributed by atoms with van der Waals surface area (Å²) in [6.07, 6.45) is 14.2. The summed E-state index contributed by atoms with van der Waals surface area (Å²) in [6, 6.07) is 0. The molecule has 0 saturated heterocycles. The summed E-state index contributed by atoms with van der Waals surface area (Å²) in [7, 11) is 0. The number of aliphatic hydroxyl groups excluding tert-OH is 2. The van der Waals surface area contributed by atoms with Crippen LogP contribution in [-0.2, 0) is 0 Å². The second kappa shape index (κ2) is 13.1. The Morgan fingerprint density at radius 1 is 0.778 bits per heavy atom. The van der Waals surface area contributed by atoms with Crippen molar-refractivity contribution in [2.24, 2.45) is 0 Å². The first-order chi connectivity index (χ1) is 8.72. The summed E-state index contributed by atoms with van der Waals surface area (Å²) >= 11 is 0. The third-order valence-corrected chi connectivity index (χ3v) is 3.30. The maximum absolute atomic E-state index is 9.65. The van der Waals surface area contributed by atoms with E-state index < -0.39 is 12.2 Å². The standard InChI is InChI=1S/C16H32O2/c1-3-5-6-7-8-9-10-11-12-14-16(18)15(17)13-4-2/h11-12,15-18H,3-10,13-14H2,1-2H3/b12-11-. The SMILES string of the molecule is CCCCCCCC/C=C\CC(O)C(O)CCC. The van der Waals surface area contributed by atoms with E-state index in [9.17, 15) is 10.2 Å². The molecule has 0 aliphatic carbocycles. The molecule has 0 fully saturated rings. The number of allylic oxidation sites excluding steroid dienone is 1. The Balaban J connectivity index is 3.37. The first kappa shape index (κ1) is 17.7. The summed E-state index contributed by atoms with van der Waals surface area (Å²) < 4.78 is 0. The van der Waals surface area contributed by atoms with Gasteiger partial charge in [0.2, 0.25) is 0 Å². The molecule has 0 aromatic rings. The summed E-state index contributed by atoms with van der Waals surface area (Å²) in [6.45, 7) is 4.26. The van der Waals surface area contributed by atoms with Crippen LogP contribution in [0.2, 0.25) is 0 Å². The molecule has 0 radical (unpaired) electrons. The molecule has 0 spiro atoms. The Bertz CT molecular complexity index is 190. The van der Waals surface area contributed by atoms with Crippen LogP contribution in [0.3, 0.4) is 0 Å². The van der Waals surface area contributed by atoms with Gasteiger partial charge in [-0.2, -0.15) is 0 Å². The van der Waals surface area contributed by atoms with Crippen LogP contribution < -0.4 is 0 Å². The quantitative estimate of drug-likeness (QED) is 0.406. The van der Waals surface area contributed by atoms with Crippen LogP contribution in [0.1, 0.15) is 78.1 Å². The van der Waals surface area contributed by atoms with E-state index in [0.717, 1.165) is 12.8 Å². The normalized spacial score (nSPS) is 15.1. The molecule has 0 bridgehead atoms. The Morgan fingerprint density at radius 2 is 1.44 bits per heavy atom. The van der Waals surface area contributed by atoms with Gasteiger partial charge in [-0.15, -0.1) is 0 Å². The van der Waals surface area contributed by atoms with Crippen LogP contribution in [0, 0.1) is 0 Å². The Morgan fingerprint density at radius 3 is 2.11 bits per heavy atom.